The van der Waals surface area contributed by atoms with Gasteiger partial charge in [-0.3, -0.25) is 9.59 Å². The summed E-state index contributed by atoms with van der Waals surface area (Å²) in [6, 6.07) is 5.47. The summed E-state index contributed by atoms with van der Waals surface area (Å²) in [4.78, 5) is 25.2. The lowest BCUT2D eigenvalue weighted by Gasteiger charge is -2.21. The Balaban J connectivity index is 1.66. The second-order valence-electron chi connectivity index (χ2n) is 6.09. The molecule has 1 N–H and O–H groups in total. The number of benzene rings is 1. The molecule has 0 bridgehead atoms. The second kappa shape index (κ2) is 5.51. The van der Waals surface area contributed by atoms with Crippen LogP contribution in [0.4, 0.5) is 0 Å². The van der Waals surface area contributed by atoms with Crippen molar-refractivity contribution in [3.63, 3.8) is 0 Å². The SMILES string of the molecule is CC1(C(=O)O)CCN(C(=O)Cc2ccc3c(c2)OCCO3)C1. The maximum atomic E-state index is 12.4. The number of nitrogens with zero attached hydrogens (tertiary/aromatic N) is 1. The zero-order valence-corrected chi connectivity index (χ0v) is 12.5. The summed E-state index contributed by atoms with van der Waals surface area (Å²) in [5.74, 6) is 0.458. The number of carbonyl (C=O) groups is 2. The minimum Gasteiger partial charge on any atom is -0.486 e. The molecule has 1 saturated heterocycles. The van der Waals surface area contributed by atoms with Gasteiger partial charge in [-0.2, -0.15) is 0 Å². The number of carboxylic acids is 1. The van der Waals surface area contributed by atoms with Crippen LogP contribution in [0.5, 0.6) is 11.5 Å². The molecule has 0 spiro atoms. The zero-order chi connectivity index (χ0) is 15.7. The van der Waals surface area contributed by atoms with E-state index in [9.17, 15) is 14.7 Å². The number of fused-ring (bicyclic) bond motifs is 1. The minimum atomic E-state index is -0.845. The lowest BCUT2D eigenvalue weighted by Crippen LogP contribution is -2.35. The number of rotatable bonds is 3. The fourth-order valence-electron chi connectivity index (χ4n) is 2.83. The van der Waals surface area contributed by atoms with E-state index in [0.717, 1.165) is 5.56 Å². The Kier molecular flexibility index (Phi) is 3.68. The van der Waals surface area contributed by atoms with Crippen LogP contribution < -0.4 is 9.47 Å². The minimum absolute atomic E-state index is 0.0540. The Morgan fingerprint density at radius 1 is 1.27 bits per heavy atom. The normalized spacial score (nSPS) is 23.4. The molecule has 22 heavy (non-hydrogen) atoms. The molecule has 0 saturated carbocycles. The molecule has 6 nitrogen and oxygen atoms in total. The molecule has 2 aliphatic rings. The van der Waals surface area contributed by atoms with E-state index in [4.69, 9.17) is 9.47 Å². The number of ether oxygens (including phenoxy) is 2. The summed E-state index contributed by atoms with van der Waals surface area (Å²) in [6.07, 6.45) is 0.738. The Labute approximate surface area is 128 Å². The van der Waals surface area contributed by atoms with Gasteiger partial charge in [0.1, 0.15) is 13.2 Å². The number of carboxylic acid groups (broad SMARTS) is 1. The van der Waals surface area contributed by atoms with E-state index in [1.165, 1.54) is 0 Å². The van der Waals surface area contributed by atoms with Gasteiger partial charge in [-0.15, -0.1) is 0 Å². The van der Waals surface area contributed by atoms with Crippen LogP contribution in [0.3, 0.4) is 0 Å². The van der Waals surface area contributed by atoms with Gasteiger partial charge in [0.2, 0.25) is 5.91 Å². The van der Waals surface area contributed by atoms with E-state index >= 15 is 0 Å². The van der Waals surface area contributed by atoms with Gasteiger partial charge in [-0.25, -0.2) is 0 Å². The van der Waals surface area contributed by atoms with Crippen molar-refractivity contribution in [3.8, 4) is 11.5 Å². The van der Waals surface area contributed by atoms with E-state index in [-0.39, 0.29) is 18.9 Å². The van der Waals surface area contributed by atoms with Gasteiger partial charge in [0.25, 0.3) is 0 Å². The first kappa shape index (κ1) is 14.7. The molecule has 0 aromatic heterocycles. The third kappa shape index (κ3) is 2.73. The molecule has 1 unspecified atom stereocenters. The Bertz CT molecular complexity index is 615. The highest BCUT2D eigenvalue weighted by Gasteiger charge is 2.41. The fourth-order valence-corrected chi connectivity index (χ4v) is 2.83. The molecular formula is C16H19NO5. The zero-order valence-electron chi connectivity index (χ0n) is 12.5. The summed E-state index contributed by atoms with van der Waals surface area (Å²) in [6.45, 7) is 3.49. The number of hydrogen-bond acceptors (Lipinski definition) is 4. The Morgan fingerprint density at radius 3 is 2.68 bits per heavy atom. The predicted molar refractivity (Wildman–Crippen MR) is 78.1 cm³/mol. The predicted octanol–water partition coefficient (Wildman–Crippen LogP) is 1.32. The van der Waals surface area contributed by atoms with Crippen molar-refractivity contribution in [2.75, 3.05) is 26.3 Å². The quantitative estimate of drug-likeness (QED) is 0.911. The van der Waals surface area contributed by atoms with Crippen molar-refractivity contribution in [2.24, 2.45) is 5.41 Å². The molecule has 6 heteroatoms. The summed E-state index contributed by atoms with van der Waals surface area (Å²) >= 11 is 0. The number of amides is 1. The lowest BCUT2D eigenvalue weighted by molar-refractivity contribution is -0.147. The summed E-state index contributed by atoms with van der Waals surface area (Å²) in [5.41, 5.74) is 0.0146. The molecule has 0 aliphatic carbocycles. The van der Waals surface area contributed by atoms with Gasteiger partial charge < -0.3 is 19.5 Å². The van der Waals surface area contributed by atoms with E-state index in [2.05, 4.69) is 0 Å². The van der Waals surface area contributed by atoms with E-state index in [0.29, 0.717) is 37.7 Å². The highest BCUT2D eigenvalue weighted by molar-refractivity contribution is 5.82. The van der Waals surface area contributed by atoms with Crippen molar-refractivity contribution in [1.29, 1.82) is 0 Å². The average Bonchev–Trinajstić information content (AvgIpc) is 2.91. The highest BCUT2D eigenvalue weighted by atomic mass is 16.6. The first-order chi connectivity index (χ1) is 10.5. The molecule has 3 rings (SSSR count). The molecule has 0 radical (unpaired) electrons. The first-order valence-electron chi connectivity index (χ1n) is 7.38. The van der Waals surface area contributed by atoms with Crippen LogP contribution in [-0.2, 0) is 16.0 Å². The Morgan fingerprint density at radius 2 is 2.00 bits per heavy atom. The van der Waals surface area contributed by atoms with Crippen molar-refractivity contribution in [2.45, 2.75) is 19.8 Å². The summed E-state index contributed by atoms with van der Waals surface area (Å²) < 4.78 is 11.0. The maximum Gasteiger partial charge on any atom is 0.311 e. The van der Waals surface area contributed by atoms with Gasteiger partial charge in [0.05, 0.1) is 11.8 Å². The number of likely N-dealkylation sites (tertiary alicyclic amines) is 1. The van der Waals surface area contributed by atoms with Crippen molar-refractivity contribution in [3.05, 3.63) is 23.8 Å². The third-order valence-electron chi connectivity index (χ3n) is 4.30. The van der Waals surface area contributed by atoms with Crippen molar-refractivity contribution < 1.29 is 24.2 Å². The molecule has 1 amide bonds. The van der Waals surface area contributed by atoms with Crippen LogP contribution in [0.1, 0.15) is 18.9 Å². The van der Waals surface area contributed by atoms with Crippen molar-refractivity contribution in [1.82, 2.24) is 4.90 Å². The standard InChI is InChI=1S/C16H19NO5/c1-16(15(19)20)4-5-17(10-16)14(18)9-11-2-3-12-13(8-11)22-7-6-21-12/h2-3,8H,4-7,9-10H2,1H3,(H,19,20). The first-order valence-corrected chi connectivity index (χ1v) is 7.38. The van der Waals surface area contributed by atoms with Crippen LogP contribution in [-0.4, -0.2) is 48.2 Å². The lowest BCUT2D eigenvalue weighted by atomic mass is 9.90. The van der Waals surface area contributed by atoms with Gasteiger partial charge in [0, 0.05) is 13.1 Å². The topological polar surface area (TPSA) is 76.1 Å². The van der Waals surface area contributed by atoms with Crippen LogP contribution in [0.15, 0.2) is 18.2 Å². The Hall–Kier alpha value is -2.24. The second-order valence-corrected chi connectivity index (χ2v) is 6.09. The van der Waals surface area contributed by atoms with Crippen LogP contribution in [0, 0.1) is 5.41 Å². The van der Waals surface area contributed by atoms with Gasteiger partial charge in [-0.1, -0.05) is 6.07 Å². The number of hydrogen-bond donors (Lipinski definition) is 1. The van der Waals surface area contributed by atoms with E-state index in [1.807, 2.05) is 18.2 Å². The van der Waals surface area contributed by atoms with Gasteiger partial charge in [0.15, 0.2) is 11.5 Å². The fraction of sp³-hybridized carbons (Fsp3) is 0.500. The van der Waals surface area contributed by atoms with Crippen LogP contribution in [0.2, 0.25) is 0 Å². The monoisotopic (exact) mass is 305 g/mol. The summed E-state index contributed by atoms with van der Waals surface area (Å²) in [7, 11) is 0. The molecule has 1 fully saturated rings. The molecular weight excluding hydrogens is 286 g/mol. The largest absolute Gasteiger partial charge is 0.486 e. The van der Waals surface area contributed by atoms with Crippen molar-refractivity contribution >= 4 is 11.9 Å². The highest BCUT2D eigenvalue weighted by Crippen LogP contribution is 2.32. The van der Waals surface area contributed by atoms with E-state index < -0.39 is 11.4 Å². The molecule has 2 heterocycles. The third-order valence-corrected chi connectivity index (χ3v) is 4.30. The number of carbonyl (C=O) groups excluding carboxylic acids is 1. The van der Waals surface area contributed by atoms with E-state index in [1.54, 1.807) is 11.8 Å². The molecule has 118 valence electrons. The average molecular weight is 305 g/mol. The molecule has 2 aliphatic heterocycles. The molecule has 1 aromatic carbocycles. The number of aliphatic carboxylic acids is 1. The smallest absolute Gasteiger partial charge is 0.311 e. The summed E-state index contributed by atoms with van der Waals surface area (Å²) in [5, 5.41) is 9.23. The molecule has 1 aromatic rings. The van der Waals surface area contributed by atoms with Crippen LogP contribution >= 0.6 is 0 Å². The van der Waals surface area contributed by atoms with Gasteiger partial charge in [-0.05, 0) is 31.0 Å². The van der Waals surface area contributed by atoms with Crippen LogP contribution in [0.25, 0.3) is 0 Å². The van der Waals surface area contributed by atoms with Gasteiger partial charge >= 0.3 is 5.97 Å². The molecule has 1 atom stereocenters. The maximum absolute atomic E-state index is 12.4.